The number of Topliss-reactive ketones (excluding diaryl/α,β-unsaturated/α-hetero) is 1. The zero-order chi connectivity index (χ0) is 13.6. The third-order valence-corrected chi connectivity index (χ3v) is 3.04. The fraction of sp³-hybridized carbons (Fsp3) is 0.0714. The van der Waals surface area contributed by atoms with Crippen molar-refractivity contribution in [3.63, 3.8) is 0 Å². The van der Waals surface area contributed by atoms with Crippen LogP contribution >= 0.6 is 0 Å². The molecule has 0 radical (unpaired) electrons. The maximum absolute atomic E-state index is 12.1. The first kappa shape index (κ1) is 11.4. The predicted molar refractivity (Wildman–Crippen MR) is 66.0 cm³/mol. The molecule has 0 amide bonds. The lowest BCUT2D eigenvalue weighted by Crippen LogP contribution is -2.02. The van der Waals surface area contributed by atoms with Crippen LogP contribution in [0.2, 0.25) is 0 Å². The number of carbonyl (C=O) groups is 1. The smallest absolute Gasteiger partial charge is 0.201 e. The summed E-state index contributed by atoms with van der Waals surface area (Å²) in [7, 11) is 0. The number of ether oxygens (including phenoxy) is 1. The van der Waals surface area contributed by atoms with Gasteiger partial charge in [0.2, 0.25) is 5.75 Å². The van der Waals surface area contributed by atoms with E-state index in [0.717, 1.165) is 6.07 Å². The van der Waals surface area contributed by atoms with Crippen molar-refractivity contribution in [1.82, 2.24) is 0 Å². The van der Waals surface area contributed by atoms with Gasteiger partial charge >= 0.3 is 0 Å². The molecule has 2 aromatic rings. The van der Waals surface area contributed by atoms with Gasteiger partial charge in [0.05, 0.1) is 0 Å². The summed E-state index contributed by atoms with van der Waals surface area (Å²) < 4.78 is 5.54. The van der Waals surface area contributed by atoms with E-state index >= 15 is 0 Å². The van der Waals surface area contributed by atoms with Crippen LogP contribution in [0.1, 0.15) is 15.9 Å². The van der Waals surface area contributed by atoms with Crippen LogP contribution in [0.4, 0.5) is 0 Å². The molecule has 0 fully saturated rings. The fourth-order valence-electron chi connectivity index (χ4n) is 2.10. The Bertz CT molecular complexity index is 690. The molecule has 0 saturated carbocycles. The second-order valence-electron chi connectivity index (χ2n) is 4.28. The van der Waals surface area contributed by atoms with Gasteiger partial charge in [-0.1, -0.05) is 18.2 Å². The molecule has 1 aliphatic rings. The van der Waals surface area contributed by atoms with Crippen molar-refractivity contribution in [1.29, 1.82) is 0 Å². The highest BCUT2D eigenvalue weighted by Gasteiger charge is 2.27. The summed E-state index contributed by atoms with van der Waals surface area (Å²) >= 11 is 0. The molecular weight excluding hydrogens is 248 g/mol. The van der Waals surface area contributed by atoms with Crippen LogP contribution in [0, 0.1) is 0 Å². The molecule has 1 heterocycles. The number of hydrogen-bond donors (Lipinski definition) is 3. The number of aromatic hydroxyl groups is 3. The molecule has 0 unspecified atom stereocenters. The SMILES string of the molecule is O=C1Cc2ccccc2Oc2cc(O)c(O)c(O)c21. The Labute approximate surface area is 108 Å². The topological polar surface area (TPSA) is 87.0 Å². The first-order chi connectivity index (χ1) is 9.08. The molecule has 2 aromatic carbocycles. The van der Waals surface area contributed by atoms with Gasteiger partial charge in [0.15, 0.2) is 17.3 Å². The van der Waals surface area contributed by atoms with Crippen molar-refractivity contribution in [3.05, 3.63) is 41.5 Å². The maximum Gasteiger partial charge on any atom is 0.201 e. The Morgan fingerprint density at radius 1 is 1.00 bits per heavy atom. The molecule has 3 N–H and O–H groups in total. The molecule has 0 atom stereocenters. The normalized spacial score (nSPS) is 13.2. The molecule has 0 saturated heterocycles. The van der Waals surface area contributed by atoms with Crippen molar-refractivity contribution < 1.29 is 24.9 Å². The Hall–Kier alpha value is -2.69. The molecule has 3 rings (SSSR count). The zero-order valence-electron chi connectivity index (χ0n) is 9.75. The number of benzene rings is 2. The number of rotatable bonds is 0. The average Bonchev–Trinajstić information content (AvgIpc) is 2.51. The molecule has 96 valence electrons. The van der Waals surface area contributed by atoms with Crippen molar-refractivity contribution in [2.75, 3.05) is 0 Å². The number of para-hydroxylation sites is 1. The fourth-order valence-corrected chi connectivity index (χ4v) is 2.10. The Balaban J connectivity index is 2.25. The van der Waals surface area contributed by atoms with Crippen LogP contribution in [0.15, 0.2) is 30.3 Å². The van der Waals surface area contributed by atoms with Gasteiger partial charge in [-0.05, 0) is 6.07 Å². The van der Waals surface area contributed by atoms with E-state index < -0.39 is 17.2 Å². The van der Waals surface area contributed by atoms with Gasteiger partial charge in [0, 0.05) is 18.1 Å². The van der Waals surface area contributed by atoms with Gasteiger partial charge in [-0.25, -0.2) is 0 Å². The van der Waals surface area contributed by atoms with Gasteiger partial charge < -0.3 is 20.1 Å². The summed E-state index contributed by atoms with van der Waals surface area (Å²) in [6.45, 7) is 0. The molecule has 1 aliphatic heterocycles. The number of phenolic OH excluding ortho intramolecular Hbond substituents is 3. The van der Waals surface area contributed by atoms with Gasteiger partial charge in [-0.2, -0.15) is 0 Å². The number of phenols is 3. The van der Waals surface area contributed by atoms with Crippen LogP contribution in [0.3, 0.4) is 0 Å². The highest BCUT2D eigenvalue weighted by atomic mass is 16.5. The van der Waals surface area contributed by atoms with E-state index in [2.05, 4.69) is 0 Å². The maximum atomic E-state index is 12.1. The van der Waals surface area contributed by atoms with E-state index in [1.54, 1.807) is 24.3 Å². The zero-order valence-corrected chi connectivity index (χ0v) is 9.75. The molecule has 19 heavy (non-hydrogen) atoms. The molecule has 0 aliphatic carbocycles. The Morgan fingerprint density at radius 3 is 2.53 bits per heavy atom. The standard InChI is InChI=1S/C14H10O5/c15-8-5-7-3-1-2-4-10(7)19-11-6-9(16)13(17)14(18)12(8)11/h1-4,6,16-18H,5H2. The van der Waals surface area contributed by atoms with E-state index in [-0.39, 0.29) is 23.5 Å². The molecule has 0 aromatic heterocycles. The molecule has 5 nitrogen and oxygen atoms in total. The first-order valence-electron chi connectivity index (χ1n) is 5.65. The summed E-state index contributed by atoms with van der Waals surface area (Å²) in [5, 5.41) is 28.7. The minimum Gasteiger partial charge on any atom is -0.504 e. The van der Waals surface area contributed by atoms with Crippen molar-refractivity contribution in [2.24, 2.45) is 0 Å². The summed E-state index contributed by atoms with van der Waals surface area (Å²) in [5.74, 6) is -1.78. The van der Waals surface area contributed by atoms with E-state index in [0.29, 0.717) is 11.3 Å². The van der Waals surface area contributed by atoms with Gasteiger partial charge in [-0.15, -0.1) is 0 Å². The Kier molecular flexibility index (Phi) is 2.35. The highest BCUT2D eigenvalue weighted by Crippen LogP contribution is 2.46. The summed E-state index contributed by atoms with van der Waals surface area (Å²) in [6.07, 6.45) is 0.0565. The number of carbonyl (C=O) groups excluding carboxylic acids is 1. The number of ketones is 1. The monoisotopic (exact) mass is 258 g/mol. The van der Waals surface area contributed by atoms with E-state index in [4.69, 9.17) is 4.74 Å². The summed E-state index contributed by atoms with van der Waals surface area (Å²) in [6, 6.07) is 8.09. The van der Waals surface area contributed by atoms with Gasteiger partial charge in [0.25, 0.3) is 0 Å². The van der Waals surface area contributed by atoms with E-state index in [1.807, 2.05) is 0 Å². The van der Waals surface area contributed by atoms with Crippen LogP contribution < -0.4 is 4.74 Å². The second-order valence-corrected chi connectivity index (χ2v) is 4.28. The lowest BCUT2D eigenvalue weighted by molar-refractivity contribution is 0.0990. The molecular formula is C14H10O5. The predicted octanol–water partition coefficient (Wildman–Crippen LogP) is 2.33. The first-order valence-corrected chi connectivity index (χ1v) is 5.65. The van der Waals surface area contributed by atoms with Gasteiger partial charge in [-0.3, -0.25) is 4.79 Å². The average molecular weight is 258 g/mol. The molecule has 0 bridgehead atoms. The summed E-state index contributed by atoms with van der Waals surface area (Å²) in [4.78, 5) is 12.1. The highest BCUT2D eigenvalue weighted by molar-refractivity contribution is 6.04. The van der Waals surface area contributed by atoms with Crippen LogP contribution in [0.5, 0.6) is 28.7 Å². The number of hydrogen-bond acceptors (Lipinski definition) is 5. The van der Waals surface area contributed by atoms with Crippen molar-refractivity contribution >= 4 is 5.78 Å². The van der Waals surface area contributed by atoms with Crippen LogP contribution in [-0.4, -0.2) is 21.1 Å². The van der Waals surface area contributed by atoms with Crippen molar-refractivity contribution in [3.8, 4) is 28.7 Å². The lowest BCUT2D eigenvalue weighted by Gasteiger charge is -2.10. The summed E-state index contributed by atoms with van der Waals surface area (Å²) in [5.41, 5.74) is 0.563. The Morgan fingerprint density at radius 2 is 1.74 bits per heavy atom. The second kappa shape index (κ2) is 3.91. The third kappa shape index (κ3) is 1.67. The van der Waals surface area contributed by atoms with Crippen LogP contribution in [0.25, 0.3) is 0 Å². The van der Waals surface area contributed by atoms with E-state index in [9.17, 15) is 20.1 Å². The lowest BCUT2D eigenvalue weighted by atomic mass is 10.0. The van der Waals surface area contributed by atoms with Crippen molar-refractivity contribution in [2.45, 2.75) is 6.42 Å². The minimum atomic E-state index is -0.721. The molecule has 0 spiro atoms. The quantitative estimate of drug-likeness (QED) is 0.631. The molecule has 5 heteroatoms. The minimum absolute atomic E-state index is 0.0303. The largest absolute Gasteiger partial charge is 0.504 e. The van der Waals surface area contributed by atoms with Gasteiger partial charge in [0.1, 0.15) is 17.1 Å². The van der Waals surface area contributed by atoms with Crippen LogP contribution in [-0.2, 0) is 6.42 Å². The van der Waals surface area contributed by atoms with E-state index in [1.165, 1.54) is 0 Å². The third-order valence-electron chi connectivity index (χ3n) is 3.04. The number of fused-ring (bicyclic) bond motifs is 2.